The van der Waals surface area contributed by atoms with Crippen molar-refractivity contribution in [2.75, 3.05) is 14.2 Å². The second kappa shape index (κ2) is 9.00. The van der Waals surface area contributed by atoms with Crippen LogP contribution in [0, 0.1) is 13.8 Å². The topological polar surface area (TPSA) is 52.6 Å². The van der Waals surface area contributed by atoms with Crippen molar-refractivity contribution in [2.45, 2.75) is 13.8 Å². The van der Waals surface area contributed by atoms with Crippen molar-refractivity contribution < 1.29 is 19.1 Å². The predicted octanol–water partition coefficient (Wildman–Crippen LogP) is 7.12. The molecule has 4 aromatic rings. The predicted molar refractivity (Wildman–Crippen MR) is 150 cm³/mol. The minimum absolute atomic E-state index is 0.350. The summed E-state index contributed by atoms with van der Waals surface area (Å²) in [5, 5.41) is 0. The van der Waals surface area contributed by atoms with E-state index in [0.29, 0.717) is 11.1 Å². The largest absolute Gasteiger partial charge is 0.465 e. The first-order chi connectivity index (χ1) is 18.4. The Morgan fingerprint density at radius 3 is 1.18 bits per heavy atom. The first-order valence-electron chi connectivity index (χ1n) is 12.5. The summed E-state index contributed by atoms with van der Waals surface area (Å²) in [5.41, 5.74) is 14.9. The van der Waals surface area contributed by atoms with E-state index in [9.17, 15) is 9.59 Å². The molecule has 2 aliphatic carbocycles. The summed E-state index contributed by atoms with van der Waals surface area (Å²) in [7, 11) is 2.79. The molecule has 0 spiro atoms. The van der Waals surface area contributed by atoms with Crippen LogP contribution < -0.4 is 0 Å². The minimum atomic E-state index is -0.350. The monoisotopic (exact) mass is 498 g/mol. The van der Waals surface area contributed by atoms with Gasteiger partial charge in [-0.05, 0) is 93.8 Å². The summed E-state index contributed by atoms with van der Waals surface area (Å²) >= 11 is 0. The van der Waals surface area contributed by atoms with Crippen molar-refractivity contribution in [3.05, 3.63) is 141 Å². The molecule has 2 aliphatic rings. The Kier molecular flexibility index (Phi) is 5.61. The molecule has 38 heavy (non-hydrogen) atoms. The zero-order valence-corrected chi connectivity index (χ0v) is 21.7. The molecule has 0 fully saturated rings. The fourth-order valence-electron chi connectivity index (χ4n) is 5.61. The third kappa shape index (κ3) is 3.60. The average molecular weight is 499 g/mol. The maximum absolute atomic E-state index is 12.1. The molecule has 0 amide bonds. The number of benzene rings is 4. The SMILES string of the molecule is COC(=O)c1ccc(C2=C3C(=C(c4ccc(C(=O)OC)cc4)c4cc(C)ccc43)c3ccc(C)cc32)cc1. The molecule has 0 N–H and O–H groups in total. The first kappa shape index (κ1) is 23.7. The molecule has 6 rings (SSSR count). The maximum Gasteiger partial charge on any atom is 0.337 e. The van der Waals surface area contributed by atoms with Gasteiger partial charge in [0.25, 0.3) is 0 Å². The molecule has 186 valence electrons. The van der Waals surface area contributed by atoms with Crippen LogP contribution in [0.4, 0.5) is 0 Å². The van der Waals surface area contributed by atoms with Gasteiger partial charge in [0.15, 0.2) is 0 Å². The van der Waals surface area contributed by atoms with E-state index < -0.39 is 0 Å². The van der Waals surface area contributed by atoms with Crippen molar-refractivity contribution in [3.63, 3.8) is 0 Å². The van der Waals surface area contributed by atoms with Gasteiger partial charge < -0.3 is 9.47 Å². The van der Waals surface area contributed by atoms with Gasteiger partial charge in [-0.1, -0.05) is 71.8 Å². The van der Waals surface area contributed by atoms with Crippen molar-refractivity contribution in [2.24, 2.45) is 0 Å². The minimum Gasteiger partial charge on any atom is -0.465 e. The van der Waals surface area contributed by atoms with Gasteiger partial charge in [0.1, 0.15) is 0 Å². The van der Waals surface area contributed by atoms with E-state index in [4.69, 9.17) is 9.47 Å². The van der Waals surface area contributed by atoms with Crippen LogP contribution in [-0.2, 0) is 9.47 Å². The van der Waals surface area contributed by atoms with Crippen molar-refractivity contribution in [1.82, 2.24) is 0 Å². The molecule has 0 aliphatic heterocycles. The fourth-order valence-corrected chi connectivity index (χ4v) is 5.61. The van der Waals surface area contributed by atoms with Crippen LogP contribution in [0.5, 0.6) is 0 Å². The lowest BCUT2D eigenvalue weighted by molar-refractivity contribution is 0.0592. The van der Waals surface area contributed by atoms with Gasteiger partial charge in [0, 0.05) is 0 Å². The number of hydrogen-bond donors (Lipinski definition) is 0. The Balaban J connectivity index is 1.65. The van der Waals surface area contributed by atoms with E-state index in [1.165, 1.54) is 58.7 Å². The summed E-state index contributed by atoms with van der Waals surface area (Å²) < 4.78 is 9.81. The Hall–Kier alpha value is -4.70. The van der Waals surface area contributed by atoms with Crippen LogP contribution in [-0.4, -0.2) is 26.2 Å². The summed E-state index contributed by atoms with van der Waals surface area (Å²) in [6, 6.07) is 28.5. The van der Waals surface area contributed by atoms with Gasteiger partial charge in [0.2, 0.25) is 0 Å². The highest BCUT2D eigenvalue weighted by Crippen LogP contribution is 2.58. The van der Waals surface area contributed by atoms with Gasteiger partial charge >= 0.3 is 11.9 Å². The Bertz CT molecular complexity index is 1570. The van der Waals surface area contributed by atoms with Gasteiger partial charge in [-0.25, -0.2) is 9.59 Å². The van der Waals surface area contributed by atoms with Crippen LogP contribution in [0.2, 0.25) is 0 Å². The Morgan fingerprint density at radius 2 is 0.842 bits per heavy atom. The lowest BCUT2D eigenvalue weighted by Crippen LogP contribution is -2.01. The zero-order valence-electron chi connectivity index (χ0n) is 21.7. The molecule has 0 radical (unpaired) electrons. The highest BCUT2D eigenvalue weighted by Gasteiger charge is 2.37. The molecule has 0 atom stereocenters. The van der Waals surface area contributed by atoms with Gasteiger partial charge in [-0.15, -0.1) is 0 Å². The molecule has 0 bridgehead atoms. The standard InChI is InChI=1S/C34H26O4/c1-19-5-15-25-27(17-19)29(21-7-11-23(12-8-21)33(35)37-3)32-26-16-6-20(2)18-28(26)30(31(25)32)22-9-13-24(14-10-22)34(36)38-4/h5-18H,1-4H3. The first-order valence-corrected chi connectivity index (χ1v) is 12.5. The number of esters is 2. The van der Waals surface area contributed by atoms with E-state index >= 15 is 0 Å². The second-order valence-corrected chi connectivity index (χ2v) is 9.74. The molecule has 4 aromatic carbocycles. The normalized spacial score (nSPS) is 13.3. The van der Waals surface area contributed by atoms with Crippen LogP contribution in [0.1, 0.15) is 65.2 Å². The van der Waals surface area contributed by atoms with Crippen molar-refractivity contribution in [3.8, 4) is 0 Å². The number of aryl methyl sites for hydroxylation is 2. The molecule has 0 saturated heterocycles. The zero-order chi connectivity index (χ0) is 26.6. The van der Waals surface area contributed by atoms with Crippen LogP contribution in [0.3, 0.4) is 0 Å². The molecule has 0 saturated carbocycles. The summed E-state index contributed by atoms with van der Waals surface area (Å²) in [5.74, 6) is -0.700. The smallest absolute Gasteiger partial charge is 0.337 e. The number of methoxy groups -OCH3 is 2. The molecule has 4 nitrogen and oxygen atoms in total. The van der Waals surface area contributed by atoms with Crippen LogP contribution in [0.15, 0.2) is 84.9 Å². The van der Waals surface area contributed by atoms with E-state index in [1.54, 1.807) is 0 Å². The lowest BCUT2D eigenvalue weighted by atomic mass is 9.90. The third-order valence-corrected chi connectivity index (χ3v) is 7.37. The molecule has 0 aromatic heterocycles. The number of fused-ring (bicyclic) bond motifs is 5. The van der Waals surface area contributed by atoms with E-state index in [2.05, 4.69) is 50.2 Å². The van der Waals surface area contributed by atoms with Crippen LogP contribution >= 0.6 is 0 Å². The number of allylic oxidation sites excluding steroid dienone is 2. The number of carbonyl (C=O) groups excluding carboxylic acids is 2. The lowest BCUT2D eigenvalue weighted by Gasteiger charge is -2.13. The summed E-state index contributed by atoms with van der Waals surface area (Å²) in [6.45, 7) is 4.21. The molecule has 0 unspecified atom stereocenters. The van der Waals surface area contributed by atoms with Crippen molar-refractivity contribution >= 4 is 34.2 Å². The highest BCUT2D eigenvalue weighted by molar-refractivity contribution is 6.35. The van der Waals surface area contributed by atoms with Crippen molar-refractivity contribution in [1.29, 1.82) is 0 Å². The van der Waals surface area contributed by atoms with Gasteiger partial charge in [-0.3, -0.25) is 0 Å². The second-order valence-electron chi connectivity index (χ2n) is 9.74. The molecule has 4 heteroatoms. The third-order valence-electron chi connectivity index (χ3n) is 7.37. The number of ether oxygens (including phenoxy) is 2. The molecular formula is C34H26O4. The average Bonchev–Trinajstić information content (AvgIpc) is 3.43. The maximum atomic E-state index is 12.1. The van der Waals surface area contributed by atoms with Crippen LogP contribution in [0.25, 0.3) is 22.3 Å². The molecule has 0 heterocycles. The fraction of sp³-hybridized carbons (Fsp3) is 0.118. The van der Waals surface area contributed by atoms with E-state index in [-0.39, 0.29) is 11.9 Å². The molecular weight excluding hydrogens is 472 g/mol. The number of carbonyl (C=O) groups is 2. The van der Waals surface area contributed by atoms with Gasteiger partial charge in [-0.2, -0.15) is 0 Å². The quantitative estimate of drug-likeness (QED) is 0.281. The summed E-state index contributed by atoms with van der Waals surface area (Å²) in [6.07, 6.45) is 0. The number of rotatable bonds is 4. The Morgan fingerprint density at radius 1 is 0.474 bits per heavy atom. The summed E-state index contributed by atoms with van der Waals surface area (Å²) in [4.78, 5) is 24.2. The highest BCUT2D eigenvalue weighted by atomic mass is 16.5. The van der Waals surface area contributed by atoms with E-state index in [1.807, 2.05) is 48.5 Å². The number of hydrogen-bond acceptors (Lipinski definition) is 4. The van der Waals surface area contributed by atoms with E-state index in [0.717, 1.165) is 22.3 Å². The Labute approximate surface area is 221 Å². The van der Waals surface area contributed by atoms with Gasteiger partial charge in [0.05, 0.1) is 25.3 Å².